The predicted molar refractivity (Wildman–Crippen MR) is 116 cm³/mol. The van der Waals surface area contributed by atoms with Crippen LogP contribution >= 0.6 is 45.2 Å². The molecular weight excluding hydrogens is 562 g/mol. The molecule has 134 valence electrons. The minimum absolute atomic E-state index is 0.167. The van der Waals surface area contributed by atoms with E-state index in [-0.39, 0.29) is 11.5 Å². The summed E-state index contributed by atoms with van der Waals surface area (Å²) in [6.07, 6.45) is 1.51. The lowest BCUT2D eigenvalue weighted by atomic mass is 10.2. The number of aromatic hydroxyl groups is 1. The Bertz CT molecular complexity index is 975. The molecule has 2 N–H and O–H groups in total. The van der Waals surface area contributed by atoms with Crippen molar-refractivity contribution in [2.75, 3.05) is 6.61 Å². The molecule has 3 aromatic rings. The lowest BCUT2D eigenvalue weighted by Crippen LogP contribution is -2.16. The average Bonchev–Trinajstić information content (AvgIpc) is 3.03. The third-order valence-electron chi connectivity index (χ3n) is 3.44. The van der Waals surface area contributed by atoms with Gasteiger partial charge in [-0.2, -0.15) is 5.10 Å². The molecular formula is C18H14I2N2O4. The van der Waals surface area contributed by atoms with Crippen LogP contribution in [-0.4, -0.2) is 23.8 Å². The lowest BCUT2D eigenvalue weighted by molar-refractivity contribution is 0.0929. The third-order valence-corrected chi connectivity index (χ3v) is 5.09. The van der Waals surface area contributed by atoms with Gasteiger partial charge in [0.15, 0.2) is 5.76 Å². The van der Waals surface area contributed by atoms with Crippen LogP contribution in [0.2, 0.25) is 0 Å². The normalized spacial score (nSPS) is 11.2. The molecule has 3 rings (SSSR count). The van der Waals surface area contributed by atoms with Crippen molar-refractivity contribution in [3.63, 3.8) is 0 Å². The molecule has 0 bridgehead atoms. The molecule has 0 atom stereocenters. The number of hydrogen-bond donors (Lipinski definition) is 2. The van der Waals surface area contributed by atoms with E-state index >= 15 is 0 Å². The summed E-state index contributed by atoms with van der Waals surface area (Å²) in [5, 5.41) is 14.5. The summed E-state index contributed by atoms with van der Waals surface area (Å²) in [5.41, 5.74) is 3.81. The van der Waals surface area contributed by atoms with Crippen LogP contribution in [0.3, 0.4) is 0 Å². The van der Waals surface area contributed by atoms with E-state index in [1.165, 1.54) is 6.21 Å². The number of rotatable bonds is 5. The van der Waals surface area contributed by atoms with E-state index in [0.717, 1.165) is 16.7 Å². The highest BCUT2D eigenvalue weighted by molar-refractivity contribution is 14.1. The molecule has 0 aliphatic carbocycles. The van der Waals surface area contributed by atoms with Crippen molar-refractivity contribution >= 4 is 68.3 Å². The van der Waals surface area contributed by atoms with Crippen molar-refractivity contribution in [2.24, 2.45) is 5.10 Å². The molecule has 0 fully saturated rings. The monoisotopic (exact) mass is 576 g/mol. The fourth-order valence-corrected chi connectivity index (χ4v) is 4.09. The highest BCUT2D eigenvalue weighted by Crippen LogP contribution is 2.27. The maximum absolute atomic E-state index is 12.2. The van der Waals surface area contributed by atoms with Crippen LogP contribution in [-0.2, 0) is 0 Å². The number of ether oxygens (including phenoxy) is 1. The SMILES string of the molecule is CCOc1ccc2oc(C(=O)N/N=C/c3cc(I)c(O)c(I)c3)cc2c1. The molecule has 1 heterocycles. The van der Waals surface area contributed by atoms with E-state index in [1.807, 2.05) is 58.2 Å². The van der Waals surface area contributed by atoms with Gasteiger partial charge in [-0.3, -0.25) is 4.79 Å². The molecule has 6 nitrogen and oxygen atoms in total. The number of hydrazone groups is 1. The number of phenolic OH excluding ortho intramolecular Hbond substituents is 1. The van der Waals surface area contributed by atoms with Crippen LogP contribution in [0.15, 0.2) is 45.9 Å². The first-order valence-electron chi connectivity index (χ1n) is 7.65. The minimum Gasteiger partial charge on any atom is -0.506 e. The van der Waals surface area contributed by atoms with Crippen molar-refractivity contribution in [1.29, 1.82) is 0 Å². The van der Waals surface area contributed by atoms with Gasteiger partial charge in [0.05, 0.1) is 20.0 Å². The first kappa shape index (κ1) is 19.0. The number of hydrogen-bond acceptors (Lipinski definition) is 5. The summed E-state index contributed by atoms with van der Waals surface area (Å²) < 4.78 is 12.4. The summed E-state index contributed by atoms with van der Waals surface area (Å²) >= 11 is 4.07. The lowest BCUT2D eigenvalue weighted by Gasteiger charge is -2.02. The second-order valence-corrected chi connectivity index (χ2v) is 7.60. The van der Waals surface area contributed by atoms with Crippen LogP contribution in [0.4, 0.5) is 0 Å². The molecule has 0 unspecified atom stereocenters. The summed E-state index contributed by atoms with van der Waals surface area (Å²) in [7, 11) is 0. The van der Waals surface area contributed by atoms with Crippen LogP contribution in [0.25, 0.3) is 11.0 Å². The number of benzene rings is 2. The van der Waals surface area contributed by atoms with Crippen LogP contribution in [0, 0.1) is 7.14 Å². The Morgan fingerprint density at radius 3 is 2.69 bits per heavy atom. The Kier molecular flexibility index (Phi) is 6.01. The smallest absolute Gasteiger partial charge is 0.307 e. The van der Waals surface area contributed by atoms with E-state index in [1.54, 1.807) is 30.3 Å². The van der Waals surface area contributed by atoms with Gasteiger partial charge < -0.3 is 14.3 Å². The maximum atomic E-state index is 12.2. The maximum Gasteiger partial charge on any atom is 0.307 e. The molecule has 0 radical (unpaired) electrons. The van der Waals surface area contributed by atoms with Gasteiger partial charge in [-0.05, 0) is 94.1 Å². The van der Waals surface area contributed by atoms with E-state index in [4.69, 9.17) is 9.15 Å². The zero-order valence-corrected chi connectivity index (χ0v) is 17.9. The number of amides is 1. The molecule has 2 aromatic carbocycles. The molecule has 0 aliphatic rings. The first-order valence-corrected chi connectivity index (χ1v) is 9.81. The number of carbonyl (C=O) groups is 1. The van der Waals surface area contributed by atoms with Gasteiger partial charge in [0.2, 0.25) is 0 Å². The molecule has 0 spiro atoms. The number of phenols is 1. The Hall–Kier alpha value is -1.82. The summed E-state index contributed by atoms with van der Waals surface area (Å²) in [5.74, 6) is 0.683. The molecule has 0 saturated carbocycles. The number of halogens is 2. The minimum atomic E-state index is -0.446. The van der Waals surface area contributed by atoms with Gasteiger partial charge in [0.1, 0.15) is 17.1 Å². The summed E-state index contributed by atoms with van der Waals surface area (Å²) in [6.45, 7) is 2.48. The number of nitrogens with zero attached hydrogens (tertiary/aromatic N) is 1. The molecule has 26 heavy (non-hydrogen) atoms. The predicted octanol–water partition coefficient (Wildman–Crippen LogP) is 4.51. The second kappa shape index (κ2) is 8.25. The highest BCUT2D eigenvalue weighted by atomic mass is 127. The van der Waals surface area contributed by atoms with Crippen molar-refractivity contribution in [2.45, 2.75) is 6.92 Å². The Balaban J connectivity index is 1.72. The van der Waals surface area contributed by atoms with Crippen molar-refractivity contribution in [3.05, 3.63) is 54.9 Å². The standard InChI is InChI=1S/C18H14I2N2O4/c1-2-25-12-3-4-15-11(7-12)8-16(26-15)18(24)22-21-9-10-5-13(19)17(23)14(20)6-10/h3-9,23H,2H2,1H3,(H,22,24)/b21-9+. The molecule has 0 aliphatic heterocycles. The van der Waals surface area contributed by atoms with Crippen molar-refractivity contribution < 1.29 is 19.1 Å². The Labute approximate surface area is 176 Å². The van der Waals surface area contributed by atoms with Gasteiger partial charge in [0.25, 0.3) is 0 Å². The van der Waals surface area contributed by atoms with E-state index in [0.29, 0.717) is 19.3 Å². The van der Waals surface area contributed by atoms with Gasteiger partial charge in [-0.1, -0.05) is 0 Å². The topological polar surface area (TPSA) is 84.1 Å². The molecule has 1 amide bonds. The molecule has 1 aromatic heterocycles. The zero-order valence-electron chi connectivity index (χ0n) is 13.6. The van der Waals surface area contributed by atoms with Gasteiger partial charge in [-0.15, -0.1) is 0 Å². The average molecular weight is 576 g/mol. The van der Waals surface area contributed by atoms with Crippen molar-refractivity contribution in [3.8, 4) is 11.5 Å². The highest BCUT2D eigenvalue weighted by Gasteiger charge is 2.12. The van der Waals surface area contributed by atoms with E-state index < -0.39 is 5.91 Å². The van der Waals surface area contributed by atoms with E-state index in [2.05, 4.69) is 10.5 Å². The quantitative estimate of drug-likeness (QED) is 0.266. The van der Waals surface area contributed by atoms with Crippen LogP contribution in [0.5, 0.6) is 11.5 Å². The number of furan rings is 1. The Morgan fingerprint density at radius 2 is 2.00 bits per heavy atom. The largest absolute Gasteiger partial charge is 0.506 e. The van der Waals surface area contributed by atoms with Gasteiger partial charge in [-0.25, -0.2) is 5.43 Å². The number of carbonyl (C=O) groups excluding carboxylic acids is 1. The number of nitrogens with one attached hydrogen (secondary N) is 1. The van der Waals surface area contributed by atoms with Crippen LogP contribution in [0.1, 0.15) is 23.0 Å². The van der Waals surface area contributed by atoms with Crippen LogP contribution < -0.4 is 10.2 Å². The molecule has 0 saturated heterocycles. The third kappa shape index (κ3) is 4.29. The van der Waals surface area contributed by atoms with Gasteiger partial charge >= 0.3 is 5.91 Å². The first-order chi connectivity index (χ1) is 12.5. The fourth-order valence-electron chi connectivity index (χ4n) is 2.27. The van der Waals surface area contributed by atoms with Gasteiger partial charge in [0, 0.05) is 5.39 Å². The number of fused-ring (bicyclic) bond motifs is 1. The second-order valence-electron chi connectivity index (χ2n) is 5.28. The van der Waals surface area contributed by atoms with Crippen molar-refractivity contribution in [1.82, 2.24) is 5.43 Å². The summed E-state index contributed by atoms with van der Waals surface area (Å²) in [6, 6.07) is 10.6. The van der Waals surface area contributed by atoms with E-state index in [9.17, 15) is 9.90 Å². The zero-order chi connectivity index (χ0) is 18.7. The fraction of sp³-hybridized carbons (Fsp3) is 0.111. The summed E-state index contributed by atoms with van der Waals surface area (Å²) in [4.78, 5) is 12.2. The molecule has 8 heteroatoms. The Morgan fingerprint density at radius 1 is 1.27 bits per heavy atom.